The average Bonchev–Trinajstić information content (AvgIpc) is 3.07. The number of nitrogens with one attached hydrogen (secondary N) is 1. The van der Waals surface area contributed by atoms with Crippen molar-refractivity contribution in [3.8, 4) is 0 Å². The molecular formula is C25H27N3O. The van der Waals surface area contributed by atoms with E-state index < -0.39 is 0 Å². The fourth-order valence-corrected chi connectivity index (χ4v) is 4.17. The quantitative estimate of drug-likeness (QED) is 0.465. The molecule has 0 radical (unpaired) electrons. The average molecular weight is 386 g/mol. The highest BCUT2D eigenvalue weighted by Gasteiger charge is 2.19. The van der Waals surface area contributed by atoms with Crippen molar-refractivity contribution in [1.29, 1.82) is 0 Å². The lowest BCUT2D eigenvalue weighted by molar-refractivity contribution is -0.121. The normalized spacial score (nSPS) is 14.3. The number of allylic oxidation sites excluding steroid dienone is 1. The molecule has 0 spiro atoms. The maximum absolute atomic E-state index is 12.3. The van der Waals surface area contributed by atoms with Crippen LogP contribution >= 0.6 is 0 Å². The van der Waals surface area contributed by atoms with Crippen molar-refractivity contribution in [3.05, 3.63) is 77.0 Å². The van der Waals surface area contributed by atoms with Gasteiger partial charge in [-0.3, -0.25) is 4.79 Å². The number of hydrogen-bond acceptors (Lipinski definition) is 2. The van der Waals surface area contributed by atoms with Crippen LogP contribution in [0.5, 0.6) is 0 Å². The molecular weight excluding hydrogens is 358 g/mol. The predicted octanol–water partition coefficient (Wildman–Crippen LogP) is 5.12. The second-order valence-electron chi connectivity index (χ2n) is 7.64. The van der Waals surface area contributed by atoms with Crippen molar-refractivity contribution < 1.29 is 4.79 Å². The number of rotatable bonds is 6. The third kappa shape index (κ3) is 4.48. The SMILES string of the molecule is CC(/C=N\NC(=O)CCn1c2c(c3ccccc31)CCCC2)=C\c1ccccc1. The van der Waals surface area contributed by atoms with Crippen molar-refractivity contribution in [1.82, 2.24) is 9.99 Å². The number of carbonyl (C=O) groups is 1. The van der Waals surface area contributed by atoms with Crippen LogP contribution in [0.3, 0.4) is 0 Å². The number of hydrazone groups is 1. The topological polar surface area (TPSA) is 46.4 Å². The van der Waals surface area contributed by atoms with Gasteiger partial charge in [0.2, 0.25) is 5.91 Å². The molecule has 0 fully saturated rings. The molecule has 0 atom stereocenters. The number of benzene rings is 2. The Labute approximate surface area is 171 Å². The highest BCUT2D eigenvalue weighted by atomic mass is 16.2. The molecule has 0 saturated heterocycles. The molecule has 0 aliphatic heterocycles. The summed E-state index contributed by atoms with van der Waals surface area (Å²) in [7, 11) is 0. The van der Waals surface area contributed by atoms with E-state index in [1.807, 2.05) is 43.3 Å². The van der Waals surface area contributed by atoms with Crippen LogP contribution in [0, 0.1) is 0 Å². The van der Waals surface area contributed by atoms with E-state index in [-0.39, 0.29) is 5.91 Å². The molecule has 3 aromatic rings. The standard InChI is InChI=1S/C25H27N3O/c1-19(17-20-9-3-2-4-10-20)18-26-27-25(29)15-16-28-23-13-7-5-11-21(23)22-12-6-8-14-24(22)28/h2-5,7,9-11,13,17-18H,6,8,12,14-16H2,1H3,(H,27,29)/b19-17+,26-18-. The van der Waals surface area contributed by atoms with Crippen molar-refractivity contribution in [2.45, 2.75) is 45.6 Å². The smallest absolute Gasteiger partial charge is 0.241 e. The Morgan fingerprint density at radius 2 is 1.83 bits per heavy atom. The van der Waals surface area contributed by atoms with Gasteiger partial charge in [0.25, 0.3) is 0 Å². The van der Waals surface area contributed by atoms with Gasteiger partial charge in [-0.25, -0.2) is 5.43 Å². The first-order valence-electron chi connectivity index (χ1n) is 10.4. The molecule has 1 aliphatic rings. The molecule has 1 aliphatic carbocycles. The van der Waals surface area contributed by atoms with Gasteiger partial charge in [-0.2, -0.15) is 5.10 Å². The molecule has 4 rings (SSSR count). The Morgan fingerprint density at radius 3 is 2.69 bits per heavy atom. The lowest BCUT2D eigenvalue weighted by Gasteiger charge is -2.15. The summed E-state index contributed by atoms with van der Waals surface area (Å²) in [6, 6.07) is 18.6. The van der Waals surface area contributed by atoms with Gasteiger partial charge >= 0.3 is 0 Å². The van der Waals surface area contributed by atoms with E-state index in [4.69, 9.17) is 0 Å². The van der Waals surface area contributed by atoms with E-state index in [1.165, 1.54) is 35.0 Å². The van der Waals surface area contributed by atoms with Gasteiger partial charge in [-0.05, 0) is 55.4 Å². The predicted molar refractivity (Wildman–Crippen MR) is 120 cm³/mol. The van der Waals surface area contributed by atoms with Gasteiger partial charge in [0.15, 0.2) is 0 Å². The van der Waals surface area contributed by atoms with E-state index in [0.717, 1.165) is 24.0 Å². The summed E-state index contributed by atoms with van der Waals surface area (Å²) in [6.07, 6.45) is 8.88. The van der Waals surface area contributed by atoms with Crippen molar-refractivity contribution in [2.75, 3.05) is 0 Å². The van der Waals surface area contributed by atoms with Crippen LogP contribution in [0.4, 0.5) is 0 Å². The Balaban J connectivity index is 1.39. The number of fused-ring (bicyclic) bond motifs is 3. The molecule has 0 bridgehead atoms. The minimum absolute atomic E-state index is 0.0592. The van der Waals surface area contributed by atoms with Crippen molar-refractivity contribution >= 4 is 29.1 Å². The molecule has 0 saturated carbocycles. The molecule has 4 heteroatoms. The lowest BCUT2D eigenvalue weighted by atomic mass is 9.95. The highest BCUT2D eigenvalue weighted by Crippen LogP contribution is 2.32. The summed E-state index contributed by atoms with van der Waals surface area (Å²) in [5, 5.41) is 5.46. The third-order valence-corrected chi connectivity index (χ3v) is 5.50. The molecule has 1 aromatic heterocycles. The minimum Gasteiger partial charge on any atom is -0.344 e. The van der Waals surface area contributed by atoms with E-state index in [9.17, 15) is 4.79 Å². The van der Waals surface area contributed by atoms with Gasteiger partial charge in [-0.1, -0.05) is 54.6 Å². The monoisotopic (exact) mass is 385 g/mol. The first kappa shape index (κ1) is 19.2. The van der Waals surface area contributed by atoms with Crippen molar-refractivity contribution in [3.63, 3.8) is 0 Å². The van der Waals surface area contributed by atoms with Crippen LogP contribution in [0.15, 0.2) is 65.3 Å². The minimum atomic E-state index is -0.0592. The van der Waals surface area contributed by atoms with Crippen molar-refractivity contribution in [2.24, 2.45) is 5.10 Å². The summed E-state index contributed by atoms with van der Waals surface area (Å²) >= 11 is 0. The van der Waals surface area contributed by atoms with E-state index in [0.29, 0.717) is 13.0 Å². The summed E-state index contributed by atoms with van der Waals surface area (Å²) in [5.74, 6) is -0.0592. The Morgan fingerprint density at radius 1 is 1.07 bits per heavy atom. The van der Waals surface area contributed by atoms with E-state index in [2.05, 4.69) is 39.4 Å². The second kappa shape index (κ2) is 8.91. The first-order valence-corrected chi connectivity index (χ1v) is 10.4. The van der Waals surface area contributed by atoms with Gasteiger partial charge in [-0.15, -0.1) is 0 Å². The zero-order valence-corrected chi connectivity index (χ0v) is 16.9. The molecule has 1 heterocycles. The van der Waals surface area contributed by atoms with Crippen LogP contribution < -0.4 is 5.43 Å². The zero-order valence-electron chi connectivity index (χ0n) is 16.9. The number of aryl methyl sites for hydroxylation is 2. The summed E-state index contributed by atoms with van der Waals surface area (Å²) in [6.45, 7) is 2.66. The highest BCUT2D eigenvalue weighted by molar-refractivity contribution is 5.87. The number of nitrogens with zero attached hydrogens (tertiary/aromatic N) is 2. The number of hydrogen-bond donors (Lipinski definition) is 1. The van der Waals surface area contributed by atoms with Crippen LogP contribution in [0.25, 0.3) is 17.0 Å². The zero-order chi connectivity index (χ0) is 20.1. The summed E-state index contributed by atoms with van der Waals surface area (Å²) in [5.41, 5.74) is 8.91. The fourth-order valence-electron chi connectivity index (χ4n) is 4.17. The van der Waals surface area contributed by atoms with E-state index in [1.54, 1.807) is 6.21 Å². The van der Waals surface area contributed by atoms with Gasteiger partial charge in [0.1, 0.15) is 0 Å². The molecule has 148 valence electrons. The molecule has 2 aromatic carbocycles. The van der Waals surface area contributed by atoms with Crippen LogP contribution in [-0.4, -0.2) is 16.7 Å². The maximum atomic E-state index is 12.3. The van der Waals surface area contributed by atoms with Gasteiger partial charge < -0.3 is 4.57 Å². The maximum Gasteiger partial charge on any atom is 0.241 e. The molecule has 1 N–H and O–H groups in total. The number of amides is 1. The summed E-state index contributed by atoms with van der Waals surface area (Å²) in [4.78, 5) is 12.3. The Hall–Kier alpha value is -3.14. The first-order chi connectivity index (χ1) is 14.2. The molecule has 4 nitrogen and oxygen atoms in total. The largest absolute Gasteiger partial charge is 0.344 e. The second-order valence-corrected chi connectivity index (χ2v) is 7.64. The summed E-state index contributed by atoms with van der Waals surface area (Å²) < 4.78 is 2.34. The molecule has 1 amide bonds. The number of para-hydroxylation sites is 1. The van der Waals surface area contributed by atoms with Crippen LogP contribution in [0.1, 0.15) is 43.0 Å². The molecule has 29 heavy (non-hydrogen) atoms. The lowest BCUT2D eigenvalue weighted by Crippen LogP contribution is -2.20. The fraction of sp³-hybridized carbons (Fsp3) is 0.280. The molecule has 0 unspecified atom stereocenters. The van der Waals surface area contributed by atoms with Crippen LogP contribution in [0.2, 0.25) is 0 Å². The Bertz CT molecular complexity index is 1060. The Kier molecular flexibility index (Phi) is 5.89. The number of carbonyl (C=O) groups excluding carboxylic acids is 1. The number of aromatic nitrogens is 1. The van der Waals surface area contributed by atoms with E-state index >= 15 is 0 Å². The van der Waals surface area contributed by atoms with Gasteiger partial charge in [0, 0.05) is 29.6 Å². The van der Waals surface area contributed by atoms with Gasteiger partial charge in [0.05, 0.1) is 6.21 Å². The third-order valence-electron chi connectivity index (χ3n) is 5.50. The van der Waals surface area contributed by atoms with Crippen LogP contribution in [-0.2, 0) is 24.2 Å².